The Morgan fingerprint density at radius 3 is 2.67 bits per heavy atom. The standard InChI is InChI=1S/C11H14S/c1-12-10-6-5-9-11-7-3-2-4-8-11/h2-4,6-8,10H,5,9H2,1H3. The van der Waals surface area contributed by atoms with Crippen LogP contribution in [-0.2, 0) is 6.42 Å². The molecule has 0 aromatic heterocycles. The minimum absolute atomic E-state index is 1.14. The van der Waals surface area contributed by atoms with Gasteiger partial charge in [-0.1, -0.05) is 36.4 Å². The van der Waals surface area contributed by atoms with Gasteiger partial charge in [0.1, 0.15) is 0 Å². The molecule has 0 amide bonds. The van der Waals surface area contributed by atoms with Crippen molar-refractivity contribution in [3.05, 3.63) is 47.4 Å². The Hall–Kier alpha value is -0.690. The molecule has 0 fully saturated rings. The monoisotopic (exact) mass is 178 g/mol. The summed E-state index contributed by atoms with van der Waals surface area (Å²) in [5.74, 6) is 0. The first-order valence-electron chi connectivity index (χ1n) is 4.15. The molecule has 0 unspecified atom stereocenters. The van der Waals surface area contributed by atoms with Crippen LogP contribution in [-0.4, -0.2) is 6.26 Å². The molecule has 1 aromatic carbocycles. The Morgan fingerprint density at radius 1 is 1.25 bits per heavy atom. The molecule has 0 nitrogen and oxygen atoms in total. The highest BCUT2D eigenvalue weighted by Crippen LogP contribution is 2.04. The zero-order valence-electron chi connectivity index (χ0n) is 7.36. The number of aryl methyl sites for hydroxylation is 1. The third-order valence-electron chi connectivity index (χ3n) is 1.67. The first-order valence-corrected chi connectivity index (χ1v) is 5.44. The van der Waals surface area contributed by atoms with Crippen LogP contribution in [0, 0.1) is 0 Å². The molecular weight excluding hydrogens is 164 g/mol. The topological polar surface area (TPSA) is 0 Å². The SMILES string of the molecule is CSC=CCCc1ccccc1. The van der Waals surface area contributed by atoms with Gasteiger partial charge in [-0.3, -0.25) is 0 Å². The average Bonchev–Trinajstić information content (AvgIpc) is 2.14. The smallest absolute Gasteiger partial charge is 0.0142 e. The van der Waals surface area contributed by atoms with Gasteiger partial charge in [0.25, 0.3) is 0 Å². The van der Waals surface area contributed by atoms with Gasteiger partial charge in [0.15, 0.2) is 0 Å². The second kappa shape index (κ2) is 5.90. The summed E-state index contributed by atoms with van der Waals surface area (Å²) in [7, 11) is 0. The molecule has 1 rings (SSSR count). The summed E-state index contributed by atoms with van der Waals surface area (Å²) in [5.41, 5.74) is 1.42. The summed E-state index contributed by atoms with van der Waals surface area (Å²) in [5, 5.41) is 2.14. The molecule has 1 aromatic rings. The van der Waals surface area contributed by atoms with Crippen LogP contribution in [0.5, 0.6) is 0 Å². The van der Waals surface area contributed by atoms with Crippen molar-refractivity contribution in [2.45, 2.75) is 12.8 Å². The minimum atomic E-state index is 1.14. The van der Waals surface area contributed by atoms with Gasteiger partial charge in [0.2, 0.25) is 0 Å². The number of hydrogen-bond donors (Lipinski definition) is 0. The Bertz CT molecular complexity index is 226. The van der Waals surface area contributed by atoms with Crippen LogP contribution < -0.4 is 0 Å². The fourth-order valence-corrected chi connectivity index (χ4v) is 1.39. The van der Waals surface area contributed by atoms with Gasteiger partial charge in [-0.2, -0.15) is 0 Å². The molecular formula is C11H14S. The van der Waals surface area contributed by atoms with Crippen LogP contribution in [0.15, 0.2) is 41.8 Å². The van der Waals surface area contributed by atoms with Gasteiger partial charge in [0.05, 0.1) is 0 Å². The maximum Gasteiger partial charge on any atom is -0.0142 e. The van der Waals surface area contributed by atoms with E-state index < -0.39 is 0 Å². The predicted octanol–water partition coefficient (Wildman–Crippen LogP) is 3.50. The van der Waals surface area contributed by atoms with Gasteiger partial charge in [-0.05, 0) is 30.1 Å². The number of hydrogen-bond acceptors (Lipinski definition) is 1. The number of thioether (sulfide) groups is 1. The van der Waals surface area contributed by atoms with Crippen molar-refractivity contribution in [2.75, 3.05) is 6.26 Å². The van der Waals surface area contributed by atoms with Crippen LogP contribution in [0.2, 0.25) is 0 Å². The number of allylic oxidation sites excluding steroid dienone is 1. The molecule has 0 atom stereocenters. The van der Waals surface area contributed by atoms with E-state index >= 15 is 0 Å². The van der Waals surface area contributed by atoms with Gasteiger partial charge in [0, 0.05) is 0 Å². The second-order valence-electron chi connectivity index (χ2n) is 2.63. The molecule has 0 bridgehead atoms. The third kappa shape index (κ3) is 3.63. The maximum absolute atomic E-state index is 2.22. The molecule has 0 N–H and O–H groups in total. The summed E-state index contributed by atoms with van der Waals surface area (Å²) in [6, 6.07) is 10.6. The van der Waals surface area contributed by atoms with E-state index in [1.807, 2.05) is 0 Å². The highest BCUT2D eigenvalue weighted by molar-refractivity contribution is 8.01. The van der Waals surface area contributed by atoms with E-state index in [1.54, 1.807) is 11.8 Å². The Balaban J connectivity index is 2.29. The predicted molar refractivity (Wildman–Crippen MR) is 57.4 cm³/mol. The molecule has 0 heterocycles. The van der Waals surface area contributed by atoms with Crippen molar-refractivity contribution in [3.8, 4) is 0 Å². The summed E-state index contributed by atoms with van der Waals surface area (Å²) in [6.45, 7) is 0. The van der Waals surface area contributed by atoms with Crippen molar-refractivity contribution in [1.82, 2.24) is 0 Å². The van der Waals surface area contributed by atoms with E-state index in [0.29, 0.717) is 0 Å². The fourth-order valence-electron chi connectivity index (χ4n) is 1.06. The van der Waals surface area contributed by atoms with E-state index in [2.05, 4.69) is 48.1 Å². The molecule has 0 radical (unpaired) electrons. The fraction of sp³-hybridized carbons (Fsp3) is 0.273. The van der Waals surface area contributed by atoms with Gasteiger partial charge >= 0.3 is 0 Å². The molecule has 0 aliphatic rings. The Labute approximate surface area is 78.7 Å². The first kappa shape index (κ1) is 9.40. The molecule has 0 aliphatic heterocycles. The van der Waals surface area contributed by atoms with Crippen LogP contribution >= 0.6 is 11.8 Å². The lowest BCUT2D eigenvalue weighted by molar-refractivity contribution is 1.00. The van der Waals surface area contributed by atoms with Crippen molar-refractivity contribution in [3.63, 3.8) is 0 Å². The van der Waals surface area contributed by atoms with Crippen molar-refractivity contribution in [2.24, 2.45) is 0 Å². The number of rotatable bonds is 4. The lowest BCUT2D eigenvalue weighted by Gasteiger charge is -1.95. The molecule has 0 saturated carbocycles. The average molecular weight is 178 g/mol. The van der Waals surface area contributed by atoms with Crippen molar-refractivity contribution >= 4 is 11.8 Å². The lowest BCUT2D eigenvalue weighted by Crippen LogP contribution is -1.80. The molecule has 1 heteroatoms. The normalized spacial score (nSPS) is 10.8. The second-order valence-corrected chi connectivity index (χ2v) is 3.38. The van der Waals surface area contributed by atoms with Crippen LogP contribution in [0.1, 0.15) is 12.0 Å². The number of benzene rings is 1. The summed E-state index contributed by atoms with van der Waals surface area (Å²) in [4.78, 5) is 0. The van der Waals surface area contributed by atoms with E-state index in [1.165, 1.54) is 5.56 Å². The Morgan fingerprint density at radius 2 is 2.00 bits per heavy atom. The van der Waals surface area contributed by atoms with E-state index in [4.69, 9.17) is 0 Å². The lowest BCUT2D eigenvalue weighted by atomic mass is 10.1. The molecule has 64 valence electrons. The van der Waals surface area contributed by atoms with Crippen molar-refractivity contribution in [1.29, 1.82) is 0 Å². The van der Waals surface area contributed by atoms with Crippen LogP contribution in [0.4, 0.5) is 0 Å². The van der Waals surface area contributed by atoms with Crippen LogP contribution in [0.3, 0.4) is 0 Å². The molecule has 0 saturated heterocycles. The minimum Gasteiger partial charge on any atom is -0.138 e. The van der Waals surface area contributed by atoms with Crippen LogP contribution in [0.25, 0.3) is 0 Å². The highest BCUT2D eigenvalue weighted by atomic mass is 32.2. The summed E-state index contributed by atoms with van der Waals surface area (Å²) in [6.07, 6.45) is 6.60. The molecule has 0 spiro atoms. The quantitative estimate of drug-likeness (QED) is 0.680. The van der Waals surface area contributed by atoms with Crippen molar-refractivity contribution < 1.29 is 0 Å². The Kier molecular flexibility index (Phi) is 4.62. The van der Waals surface area contributed by atoms with Gasteiger partial charge < -0.3 is 0 Å². The van der Waals surface area contributed by atoms with Gasteiger partial charge in [-0.15, -0.1) is 11.8 Å². The zero-order valence-corrected chi connectivity index (χ0v) is 8.18. The van der Waals surface area contributed by atoms with E-state index in [-0.39, 0.29) is 0 Å². The van der Waals surface area contributed by atoms with E-state index in [9.17, 15) is 0 Å². The first-order chi connectivity index (χ1) is 5.93. The molecule has 0 aliphatic carbocycles. The third-order valence-corrected chi connectivity index (χ3v) is 2.14. The largest absolute Gasteiger partial charge is 0.138 e. The summed E-state index contributed by atoms with van der Waals surface area (Å²) < 4.78 is 0. The molecule has 12 heavy (non-hydrogen) atoms. The summed E-state index contributed by atoms with van der Waals surface area (Å²) >= 11 is 1.76. The zero-order chi connectivity index (χ0) is 8.65. The maximum atomic E-state index is 2.22. The van der Waals surface area contributed by atoms with Gasteiger partial charge in [-0.25, -0.2) is 0 Å². The van der Waals surface area contributed by atoms with E-state index in [0.717, 1.165) is 12.8 Å². The highest BCUT2D eigenvalue weighted by Gasteiger charge is 1.86.